The summed E-state index contributed by atoms with van der Waals surface area (Å²) in [5.74, 6) is 3.27. The van der Waals surface area contributed by atoms with Gasteiger partial charge in [0.25, 0.3) is 0 Å². The van der Waals surface area contributed by atoms with Gasteiger partial charge in [-0.25, -0.2) is 0 Å². The van der Waals surface area contributed by atoms with Crippen molar-refractivity contribution in [3.05, 3.63) is 12.2 Å². The number of allylic oxidation sites excluding steroid dienone is 2. The average molecular weight is 148 g/mol. The van der Waals surface area contributed by atoms with Crippen molar-refractivity contribution in [2.45, 2.75) is 19.3 Å². The highest BCUT2D eigenvalue weighted by molar-refractivity contribution is 5.84. The second-order valence-electron chi connectivity index (χ2n) is 4.14. The minimum absolute atomic E-state index is 0.332. The van der Waals surface area contributed by atoms with E-state index < -0.39 is 0 Å². The smallest absolute Gasteiger partial charge is 0.140 e. The van der Waals surface area contributed by atoms with Gasteiger partial charge in [-0.1, -0.05) is 12.2 Å². The molecule has 0 aromatic rings. The summed E-state index contributed by atoms with van der Waals surface area (Å²) in [6.45, 7) is 0. The molecule has 0 aromatic heterocycles. The Morgan fingerprint density at radius 3 is 3.09 bits per heavy atom. The number of fused-ring (bicyclic) bond motifs is 2. The maximum Gasteiger partial charge on any atom is 0.140 e. The van der Waals surface area contributed by atoms with E-state index >= 15 is 0 Å². The quantitative estimate of drug-likeness (QED) is 0.479. The van der Waals surface area contributed by atoms with Crippen LogP contribution in [0.4, 0.5) is 0 Å². The van der Waals surface area contributed by atoms with Crippen LogP contribution in [0.15, 0.2) is 12.2 Å². The molecule has 2 fully saturated rings. The van der Waals surface area contributed by atoms with E-state index in [4.69, 9.17) is 0 Å². The molecular weight excluding hydrogens is 136 g/mol. The number of carbonyl (C=O) groups is 1. The van der Waals surface area contributed by atoms with Crippen molar-refractivity contribution in [1.82, 2.24) is 0 Å². The number of hydrogen-bond donors (Lipinski definition) is 0. The van der Waals surface area contributed by atoms with E-state index in [0.29, 0.717) is 11.7 Å². The van der Waals surface area contributed by atoms with Crippen LogP contribution >= 0.6 is 0 Å². The lowest BCUT2D eigenvalue weighted by atomic mass is 9.91. The highest BCUT2D eigenvalue weighted by atomic mass is 16.1. The molecule has 0 saturated heterocycles. The van der Waals surface area contributed by atoms with Gasteiger partial charge in [0, 0.05) is 12.3 Å². The molecule has 0 aliphatic heterocycles. The van der Waals surface area contributed by atoms with E-state index in [-0.39, 0.29) is 0 Å². The molecule has 4 rings (SSSR count). The molecule has 0 aromatic carbocycles. The summed E-state index contributed by atoms with van der Waals surface area (Å²) in [5, 5.41) is 0. The Hall–Kier alpha value is -0.590. The molecule has 0 heterocycles. The van der Waals surface area contributed by atoms with Crippen LogP contribution in [-0.4, -0.2) is 5.78 Å². The number of ketones is 1. The van der Waals surface area contributed by atoms with E-state index in [1.165, 1.54) is 6.42 Å². The lowest BCUT2D eigenvalue weighted by Crippen LogP contribution is -2.14. The molecule has 0 spiro atoms. The zero-order valence-electron chi connectivity index (χ0n) is 6.49. The minimum Gasteiger partial charge on any atom is -0.299 e. The zero-order chi connectivity index (χ0) is 7.42. The molecule has 11 heavy (non-hydrogen) atoms. The SMILES string of the molecule is O=C1CC[C@@H]2C=C[C@H]1[C@H]1C[C@H]12. The summed E-state index contributed by atoms with van der Waals surface area (Å²) in [5.41, 5.74) is 0. The Bertz CT molecular complexity index is 241. The fraction of sp³-hybridized carbons (Fsp3) is 0.700. The number of Topliss-reactive ketones (excluding diaryl/α,β-unsaturated/α-hetero) is 1. The molecule has 58 valence electrons. The van der Waals surface area contributed by atoms with Gasteiger partial charge in [0.2, 0.25) is 0 Å². The first-order valence-electron chi connectivity index (χ1n) is 4.57. The summed E-state index contributed by atoms with van der Waals surface area (Å²) < 4.78 is 0. The Balaban J connectivity index is 2.04. The van der Waals surface area contributed by atoms with Crippen LogP contribution in [0.1, 0.15) is 19.3 Å². The minimum atomic E-state index is 0.332. The highest BCUT2D eigenvalue weighted by Gasteiger charge is 2.52. The van der Waals surface area contributed by atoms with Crippen molar-refractivity contribution < 1.29 is 4.79 Å². The summed E-state index contributed by atoms with van der Waals surface area (Å²) in [4.78, 5) is 11.5. The van der Waals surface area contributed by atoms with E-state index in [9.17, 15) is 4.79 Å². The zero-order valence-corrected chi connectivity index (χ0v) is 6.49. The first-order chi connectivity index (χ1) is 5.36. The first-order valence-corrected chi connectivity index (χ1v) is 4.57. The van der Waals surface area contributed by atoms with Gasteiger partial charge >= 0.3 is 0 Å². The van der Waals surface area contributed by atoms with Crippen molar-refractivity contribution >= 4 is 5.78 Å². The summed E-state index contributed by atoms with van der Waals surface area (Å²) in [6, 6.07) is 0. The summed E-state index contributed by atoms with van der Waals surface area (Å²) in [7, 11) is 0. The molecule has 4 aliphatic rings. The summed E-state index contributed by atoms with van der Waals surface area (Å²) >= 11 is 0. The van der Waals surface area contributed by atoms with Gasteiger partial charge in [-0.05, 0) is 30.6 Å². The van der Waals surface area contributed by atoms with Crippen LogP contribution in [0.2, 0.25) is 0 Å². The topological polar surface area (TPSA) is 17.1 Å². The molecule has 0 unspecified atom stereocenters. The van der Waals surface area contributed by atoms with Crippen molar-refractivity contribution in [1.29, 1.82) is 0 Å². The second kappa shape index (κ2) is 1.77. The fourth-order valence-corrected chi connectivity index (χ4v) is 2.82. The molecule has 1 heteroatoms. The standard InChI is InChI=1S/C10H12O/c11-10-4-2-6-1-3-7(10)9-5-8(6)9/h1,3,6-9H,2,4-5H2/t6-,7-,8-,9+/m0/s1. The number of carbonyl (C=O) groups excluding carboxylic acids is 1. The molecule has 0 amide bonds. The molecular formula is C10H12O. The third-order valence-electron chi connectivity index (χ3n) is 3.56. The molecule has 1 nitrogen and oxygen atoms in total. The third-order valence-corrected chi connectivity index (χ3v) is 3.56. The van der Waals surface area contributed by atoms with Crippen molar-refractivity contribution in [2.75, 3.05) is 0 Å². The van der Waals surface area contributed by atoms with Crippen LogP contribution in [0.5, 0.6) is 0 Å². The Kier molecular flexibility index (Phi) is 0.961. The molecule has 0 N–H and O–H groups in total. The molecule has 2 saturated carbocycles. The fourth-order valence-electron chi connectivity index (χ4n) is 2.82. The predicted octanol–water partition coefficient (Wildman–Crippen LogP) is 1.79. The van der Waals surface area contributed by atoms with E-state index in [2.05, 4.69) is 12.2 Å². The average Bonchev–Trinajstić information content (AvgIpc) is 2.74. The van der Waals surface area contributed by atoms with Crippen LogP contribution in [0.25, 0.3) is 0 Å². The largest absolute Gasteiger partial charge is 0.299 e. The van der Waals surface area contributed by atoms with Crippen LogP contribution in [0, 0.1) is 23.7 Å². The van der Waals surface area contributed by atoms with E-state index in [0.717, 1.165) is 30.6 Å². The van der Waals surface area contributed by atoms with Gasteiger partial charge in [-0.2, -0.15) is 0 Å². The number of hydrogen-bond acceptors (Lipinski definition) is 1. The van der Waals surface area contributed by atoms with E-state index in [1.807, 2.05) is 0 Å². The molecule has 4 atom stereocenters. The Morgan fingerprint density at radius 2 is 2.18 bits per heavy atom. The Labute approximate surface area is 66.5 Å². The van der Waals surface area contributed by atoms with Crippen molar-refractivity contribution in [3.8, 4) is 0 Å². The van der Waals surface area contributed by atoms with Crippen LogP contribution < -0.4 is 0 Å². The lowest BCUT2D eigenvalue weighted by molar-refractivity contribution is -0.121. The van der Waals surface area contributed by atoms with Crippen molar-refractivity contribution in [2.24, 2.45) is 23.7 Å². The van der Waals surface area contributed by atoms with Gasteiger partial charge in [0.1, 0.15) is 5.78 Å². The summed E-state index contributed by atoms with van der Waals surface area (Å²) in [6.07, 6.45) is 7.77. The normalized spacial score (nSPS) is 52.2. The highest BCUT2D eigenvalue weighted by Crippen LogP contribution is 2.56. The monoisotopic (exact) mass is 148 g/mol. The van der Waals surface area contributed by atoms with E-state index in [1.54, 1.807) is 0 Å². The maximum absolute atomic E-state index is 11.5. The Morgan fingerprint density at radius 1 is 1.27 bits per heavy atom. The second-order valence-corrected chi connectivity index (χ2v) is 4.14. The van der Waals surface area contributed by atoms with Gasteiger partial charge < -0.3 is 0 Å². The van der Waals surface area contributed by atoms with Gasteiger partial charge in [-0.15, -0.1) is 0 Å². The van der Waals surface area contributed by atoms with Crippen LogP contribution in [0.3, 0.4) is 0 Å². The van der Waals surface area contributed by atoms with Crippen LogP contribution in [-0.2, 0) is 4.79 Å². The first kappa shape index (κ1) is 5.99. The predicted molar refractivity (Wildman–Crippen MR) is 42.0 cm³/mol. The molecule has 2 bridgehead atoms. The third kappa shape index (κ3) is 0.688. The van der Waals surface area contributed by atoms with Gasteiger partial charge in [0.15, 0.2) is 0 Å². The lowest BCUT2D eigenvalue weighted by Gasteiger charge is -2.13. The van der Waals surface area contributed by atoms with Gasteiger partial charge in [-0.3, -0.25) is 4.79 Å². The molecule has 0 radical (unpaired) electrons. The van der Waals surface area contributed by atoms with Crippen molar-refractivity contribution in [3.63, 3.8) is 0 Å². The molecule has 4 aliphatic carbocycles. The maximum atomic E-state index is 11.5. The number of rotatable bonds is 0. The van der Waals surface area contributed by atoms with Gasteiger partial charge in [0.05, 0.1) is 0 Å².